The molecule has 0 saturated carbocycles. The fourth-order valence-electron chi connectivity index (χ4n) is 7.98. The summed E-state index contributed by atoms with van der Waals surface area (Å²) < 4.78 is 5.66. The highest BCUT2D eigenvalue weighted by Crippen LogP contribution is 2.46. The number of amides is 1. The molecule has 4 aliphatic rings. The maximum absolute atomic E-state index is 12.7. The number of hydrogen-bond donors (Lipinski definition) is 0. The van der Waals surface area contributed by atoms with Crippen molar-refractivity contribution in [1.29, 1.82) is 10.5 Å². The minimum atomic E-state index is -0.277. The van der Waals surface area contributed by atoms with Crippen molar-refractivity contribution in [3.63, 3.8) is 0 Å². The molecule has 7 rings (SSSR count). The zero-order chi connectivity index (χ0) is 31.1. The van der Waals surface area contributed by atoms with Gasteiger partial charge in [0.05, 0.1) is 36.5 Å². The minimum absolute atomic E-state index is 0.156. The van der Waals surface area contributed by atoms with Crippen LogP contribution in [0.25, 0.3) is 10.8 Å². The zero-order valence-electron chi connectivity index (χ0n) is 26.0. The lowest BCUT2D eigenvalue weighted by molar-refractivity contribution is -0.128. The van der Waals surface area contributed by atoms with Crippen LogP contribution < -0.4 is 14.7 Å². The van der Waals surface area contributed by atoms with E-state index in [1.165, 1.54) is 28.1 Å². The van der Waals surface area contributed by atoms with Crippen LogP contribution in [0.4, 0.5) is 17.2 Å². The minimum Gasteiger partial charge on any atom is -0.381 e. The van der Waals surface area contributed by atoms with Crippen LogP contribution in [-0.2, 0) is 22.5 Å². The molecule has 1 atom stereocenters. The van der Waals surface area contributed by atoms with Crippen molar-refractivity contribution < 1.29 is 9.53 Å². The van der Waals surface area contributed by atoms with Gasteiger partial charge in [0.15, 0.2) is 0 Å². The van der Waals surface area contributed by atoms with Gasteiger partial charge < -0.3 is 24.3 Å². The van der Waals surface area contributed by atoms with Gasteiger partial charge in [0.25, 0.3) is 0 Å². The Morgan fingerprint density at radius 2 is 1.87 bits per heavy atom. The van der Waals surface area contributed by atoms with Gasteiger partial charge in [0.2, 0.25) is 5.91 Å². The second kappa shape index (κ2) is 11.7. The summed E-state index contributed by atoms with van der Waals surface area (Å²) in [6.07, 6.45) is 4.37. The number of carbonyl (C=O) groups excluding carboxylic acids is 1. The van der Waals surface area contributed by atoms with Gasteiger partial charge >= 0.3 is 0 Å². The summed E-state index contributed by atoms with van der Waals surface area (Å²) in [6.45, 7) is 12.2. The number of aryl methyl sites for hydroxylation is 1. The number of rotatable bonds is 5. The molecule has 0 bridgehead atoms. The molecule has 230 valence electrons. The monoisotopic (exact) mass is 601 g/mol. The van der Waals surface area contributed by atoms with Gasteiger partial charge in [-0.1, -0.05) is 36.9 Å². The van der Waals surface area contributed by atoms with Crippen molar-refractivity contribution in [3.8, 4) is 12.1 Å². The van der Waals surface area contributed by atoms with E-state index < -0.39 is 0 Å². The van der Waals surface area contributed by atoms with Crippen LogP contribution in [0, 0.1) is 35.0 Å². The Kier molecular flexibility index (Phi) is 7.59. The number of anilines is 3. The fraction of sp³-hybridized carbons (Fsp3) is 0.444. The van der Waals surface area contributed by atoms with Gasteiger partial charge in [-0.3, -0.25) is 4.79 Å². The van der Waals surface area contributed by atoms with Gasteiger partial charge in [-0.25, -0.2) is 4.98 Å². The fourth-order valence-corrected chi connectivity index (χ4v) is 7.98. The van der Waals surface area contributed by atoms with Crippen LogP contribution in [0.2, 0.25) is 0 Å². The summed E-state index contributed by atoms with van der Waals surface area (Å²) >= 11 is 0. The molecule has 0 unspecified atom stereocenters. The topological polar surface area (TPSA) is 99.7 Å². The molecule has 5 heterocycles. The first kappa shape index (κ1) is 29.1. The predicted molar refractivity (Wildman–Crippen MR) is 175 cm³/mol. The average molecular weight is 602 g/mol. The standard InChI is InChI=1S/C36H39N7O2/c1-3-32(44)43-17-16-41(21-27(43)10-14-37)34-28-11-15-40(31-9-5-8-26-7-4-6-25(2)33(26)31)22-30(28)39-35(29(34)20-38)42-23-36(24-42)12-18-45-19-13-36/h3-9,27H,1,10-13,15-19,21-24H2,2H3/t27-/m0/s1. The number of carbonyl (C=O) groups is 1. The zero-order valence-corrected chi connectivity index (χ0v) is 26.0. The molecule has 9 heteroatoms. The molecule has 3 aromatic rings. The maximum Gasteiger partial charge on any atom is 0.246 e. The highest BCUT2D eigenvalue weighted by atomic mass is 16.5. The van der Waals surface area contributed by atoms with Crippen molar-refractivity contribution in [1.82, 2.24) is 9.88 Å². The van der Waals surface area contributed by atoms with Crippen LogP contribution in [0.1, 0.15) is 41.6 Å². The molecule has 45 heavy (non-hydrogen) atoms. The molecule has 1 aromatic heterocycles. The Bertz CT molecular complexity index is 1740. The van der Waals surface area contributed by atoms with E-state index in [4.69, 9.17) is 9.72 Å². The van der Waals surface area contributed by atoms with Crippen LogP contribution in [-0.4, -0.2) is 74.3 Å². The first-order valence-electron chi connectivity index (χ1n) is 16.0. The van der Waals surface area contributed by atoms with Gasteiger partial charge in [-0.2, -0.15) is 10.5 Å². The summed E-state index contributed by atoms with van der Waals surface area (Å²) in [4.78, 5) is 26.7. The number of fused-ring (bicyclic) bond motifs is 2. The smallest absolute Gasteiger partial charge is 0.246 e. The second-order valence-electron chi connectivity index (χ2n) is 13.0. The van der Waals surface area contributed by atoms with Gasteiger partial charge in [0, 0.05) is 74.5 Å². The predicted octanol–water partition coefficient (Wildman–Crippen LogP) is 4.71. The van der Waals surface area contributed by atoms with E-state index in [0.717, 1.165) is 74.9 Å². The van der Waals surface area contributed by atoms with E-state index in [0.29, 0.717) is 31.7 Å². The number of hydrogen-bond acceptors (Lipinski definition) is 8. The summed E-state index contributed by atoms with van der Waals surface area (Å²) in [7, 11) is 0. The van der Waals surface area contributed by atoms with E-state index in [1.807, 2.05) is 0 Å². The van der Waals surface area contributed by atoms with Crippen molar-refractivity contribution in [3.05, 3.63) is 71.4 Å². The quantitative estimate of drug-likeness (QED) is 0.388. The lowest BCUT2D eigenvalue weighted by Gasteiger charge is -2.53. The normalized spacial score (nSPS) is 20.7. The Labute approximate surface area is 264 Å². The molecule has 1 amide bonds. The first-order valence-corrected chi connectivity index (χ1v) is 16.0. The van der Waals surface area contributed by atoms with Crippen LogP contribution >= 0.6 is 0 Å². The molecule has 4 aliphatic heterocycles. The van der Waals surface area contributed by atoms with Crippen molar-refractivity contribution in [2.24, 2.45) is 5.41 Å². The summed E-state index contributed by atoms with van der Waals surface area (Å²) in [5, 5.41) is 22.9. The molecule has 0 N–H and O–H groups in total. The molecule has 0 radical (unpaired) electrons. The van der Waals surface area contributed by atoms with Gasteiger partial charge in [0.1, 0.15) is 17.5 Å². The van der Waals surface area contributed by atoms with Gasteiger partial charge in [-0.15, -0.1) is 0 Å². The SMILES string of the molecule is C=CC(=O)N1CCN(c2c(C#N)c(N3CC4(CCOCC4)C3)nc3c2CCN(c2cccc4cccc(C)c24)C3)C[C@@H]1CC#N. The molecular formula is C36H39N7O2. The van der Waals surface area contributed by atoms with Crippen molar-refractivity contribution >= 4 is 33.9 Å². The molecule has 3 saturated heterocycles. The van der Waals surface area contributed by atoms with Crippen LogP contribution in [0.5, 0.6) is 0 Å². The Balaban J connectivity index is 1.30. The number of nitriles is 2. The second-order valence-corrected chi connectivity index (χ2v) is 13.0. The number of aromatic nitrogens is 1. The van der Waals surface area contributed by atoms with Crippen LogP contribution in [0.15, 0.2) is 49.1 Å². The number of ether oxygens (including phenoxy) is 1. The molecule has 2 aromatic carbocycles. The van der Waals surface area contributed by atoms with E-state index in [2.05, 4.69) is 76.7 Å². The maximum atomic E-state index is 12.7. The number of benzene rings is 2. The van der Waals surface area contributed by atoms with E-state index in [1.54, 1.807) is 4.90 Å². The third-order valence-corrected chi connectivity index (χ3v) is 10.3. The van der Waals surface area contributed by atoms with E-state index in [-0.39, 0.29) is 23.8 Å². The lowest BCUT2D eigenvalue weighted by atomic mass is 9.73. The summed E-state index contributed by atoms with van der Waals surface area (Å²) in [5.41, 5.74) is 6.36. The van der Waals surface area contributed by atoms with E-state index in [9.17, 15) is 15.3 Å². The average Bonchev–Trinajstić information content (AvgIpc) is 3.06. The van der Waals surface area contributed by atoms with Crippen LogP contribution in [0.3, 0.4) is 0 Å². The number of piperazine rings is 1. The molecule has 9 nitrogen and oxygen atoms in total. The molecule has 3 fully saturated rings. The van der Waals surface area contributed by atoms with Crippen molar-refractivity contribution in [2.45, 2.75) is 45.2 Å². The largest absolute Gasteiger partial charge is 0.381 e. The summed E-state index contributed by atoms with van der Waals surface area (Å²) in [6, 6.07) is 17.5. The van der Waals surface area contributed by atoms with Gasteiger partial charge in [-0.05, 0) is 49.3 Å². The summed E-state index contributed by atoms with van der Waals surface area (Å²) in [5.74, 6) is 0.608. The molecular weight excluding hydrogens is 562 g/mol. The third-order valence-electron chi connectivity index (χ3n) is 10.3. The lowest BCUT2D eigenvalue weighted by Crippen LogP contribution is -2.59. The first-order chi connectivity index (χ1) is 21.9. The third kappa shape index (κ3) is 5.06. The number of pyridine rings is 1. The highest BCUT2D eigenvalue weighted by molar-refractivity contribution is 5.97. The Hall–Kier alpha value is -4.60. The van der Waals surface area contributed by atoms with Crippen molar-refractivity contribution in [2.75, 3.05) is 67.2 Å². The Morgan fingerprint density at radius 1 is 1.09 bits per heavy atom. The van der Waals surface area contributed by atoms with E-state index >= 15 is 0 Å². The molecule has 1 spiro atoms. The molecule has 0 aliphatic carbocycles. The highest BCUT2D eigenvalue weighted by Gasteiger charge is 2.46. The Morgan fingerprint density at radius 3 is 2.60 bits per heavy atom. The number of nitrogens with zero attached hydrogens (tertiary/aromatic N) is 7.